The van der Waals surface area contributed by atoms with Crippen molar-refractivity contribution >= 4 is 40.2 Å². The molecule has 192 valence electrons. The molecule has 2 N–H and O–H groups in total. The monoisotopic (exact) mass is 521 g/mol. The number of hydrogen-bond donors (Lipinski definition) is 2. The molecule has 1 aliphatic rings. The molecule has 0 aliphatic carbocycles. The predicted molar refractivity (Wildman–Crippen MR) is 143 cm³/mol. The summed E-state index contributed by atoms with van der Waals surface area (Å²) in [6, 6.07) is 8.32. The Morgan fingerprint density at radius 3 is 2.76 bits per heavy atom. The number of halogens is 2. The minimum Gasteiger partial charge on any atom is -0.362 e. The number of likely N-dealkylation sites (tertiary alicyclic amines) is 1. The maximum absolute atomic E-state index is 14.8. The lowest BCUT2D eigenvalue weighted by Crippen LogP contribution is -2.36. The predicted octanol–water partition coefficient (Wildman–Crippen LogP) is 5.58. The highest BCUT2D eigenvalue weighted by Crippen LogP contribution is 2.27. The molecular weight excluding hydrogens is 493 g/mol. The third kappa shape index (κ3) is 5.42. The summed E-state index contributed by atoms with van der Waals surface area (Å²) in [4.78, 5) is 24.1. The molecule has 0 spiro atoms. The van der Waals surface area contributed by atoms with Crippen LogP contribution in [0.1, 0.15) is 53.4 Å². The van der Waals surface area contributed by atoms with Crippen LogP contribution in [0.4, 0.5) is 15.9 Å². The summed E-state index contributed by atoms with van der Waals surface area (Å²) in [5, 5.41) is 10.9. The van der Waals surface area contributed by atoms with Gasteiger partial charge in [0.2, 0.25) is 5.65 Å². The second kappa shape index (κ2) is 10.4. The van der Waals surface area contributed by atoms with Crippen molar-refractivity contribution < 1.29 is 9.18 Å². The van der Waals surface area contributed by atoms with Crippen molar-refractivity contribution in [3.63, 3.8) is 0 Å². The van der Waals surface area contributed by atoms with Gasteiger partial charge in [0, 0.05) is 34.9 Å². The van der Waals surface area contributed by atoms with Crippen molar-refractivity contribution in [3.8, 4) is 0 Å². The quantitative estimate of drug-likeness (QED) is 0.315. The molecule has 0 unspecified atom stereocenters. The number of aryl methyl sites for hydroxylation is 2. The van der Waals surface area contributed by atoms with E-state index in [1.807, 2.05) is 45.2 Å². The SMILES string of the molecule is CCn1cc2ncc(N[C@@H](C)c3cc(NC(=O)c4cc(F)c(CN5CCC5)c(Cl)c4)ccc3C)nc2n1. The molecule has 8 nitrogen and oxygen atoms in total. The highest BCUT2D eigenvalue weighted by atomic mass is 35.5. The smallest absolute Gasteiger partial charge is 0.255 e. The molecule has 37 heavy (non-hydrogen) atoms. The molecule has 5 rings (SSSR count). The van der Waals surface area contributed by atoms with Gasteiger partial charge in [-0.25, -0.2) is 14.4 Å². The summed E-state index contributed by atoms with van der Waals surface area (Å²) >= 11 is 6.35. The van der Waals surface area contributed by atoms with Gasteiger partial charge >= 0.3 is 0 Å². The van der Waals surface area contributed by atoms with Crippen LogP contribution >= 0.6 is 11.6 Å². The van der Waals surface area contributed by atoms with Crippen molar-refractivity contribution in [1.82, 2.24) is 24.6 Å². The first kappa shape index (κ1) is 25.1. The van der Waals surface area contributed by atoms with E-state index >= 15 is 0 Å². The number of benzene rings is 2. The Morgan fingerprint density at radius 2 is 2.05 bits per heavy atom. The molecule has 4 aromatic rings. The third-order valence-electron chi connectivity index (χ3n) is 6.70. The molecule has 0 saturated carbocycles. The van der Waals surface area contributed by atoms with E-state index in [9.17, 15) is 9.18 Å². The zero-order chi connectivity index (χ0) is 26.1. The number of amides is 1. The number of carbonyl (C=O) groups is 1. The van der Waals surface area contributed by atoms with Crippen LogP contribution in [-0.4, -0.2) is 43.6 Å². The van der Waals surface area contributed by atoms with Gasteiger partial charge in [0.25, 0.3) is 5.91 Å². The van der Waals surface area contributed by atoms with E-state index in [2.05, 4.69) is 30.6 Å². The molecule has 1 aliphatic heterocycles. The molecule has 10 heteroatoms. The standard InChI is InChI=1S/C27H29ClFN7O/c1-4-36-15-24-26(34-36)33-25(13-30-24)31-17(3)20-12-19(7-6-16(20)2)32-27(37)18-10-22(28)21(23(29)11-18)14-35-8-5-9-35/h6-7,10-13,15,17H,4-5,8-9,14H2,1-3H3,(H,32,37)(H,31,33,34)/t17-/m0/s1. The molecule has 1 saturated heterocycles. The number of hydrogen-bond acceptors (Lipinski definition) is 6. The molecule has 1 fully saturated rings. The van der Waals surface area contributed by atoms with Crippen LogP contribution in [0.25, 0.3) is 11.2 Å². The number of rotatable bonds is 8. The van der Waals surface area contributed by atoms with E-state index in [4.69, 9.17) is 11.6 Å². The van der Waals surface area contributed by atoms with Gasteiger partial charge in [0.15, 0.2) is 0 Å². The van der Waals surface area contributed by atoms with E-state index in [1.165, 1.54) is 12.1 Å². The van der Waals surface area contributed by atoms with Gasteiger partial charge in [-0.05, 0) is 75.7 Å². The summed E-state index contributed by atoms with van der Waals surface area (Å²) in [6.45, 7) is 9.10. The van der Waals surface area contributed by atoms with Gasteiger partial charge in [-0.1, -0.05) is 17.7 Å². The second-order valence-corrected chi connectivity index (χ2v) is 9.80. The number of fused-ring (bicyclic) bond motifs is 1. The fourth-order valence-electron chi connectivity index (χ4n) is 4.41. The Kier molecular flexibility index (Phi) is 7.08. The van der Waals surface area contributed by atoms with E-state index in [-0.39, 0.29) is 16.6 Å². The van der Waals surface area contributed by atoms with Crippen molar-refractivity contribution in [2.24, 2.45) is 0 Å². The summed E-state index contributed by atoms with van der Waals surface area (Å²) in [7, 11) is 0. The summed E-state index contributed by atoms with van der Waals surface area (Å²) in [5.41, 5.74) is 4.56. The Bertz CT molecular complexity index is 1440. The lowest BCUT2D eigenvalue weighted by Gasteiger charge is -2.31. The topological polar surface area (TPSA) is 88.0 Å². The molecule has 3 heterocycles. The summed E-state index contributed by atoms with van der Waals surface area (Å²) < 4.78 is 16.6. The van der Waals surface area contributed by atoms with Gasteiger partial charge in [0.1, 0.15) is 17.2 Å². The van der Waals surface area contributed by atoms with Crippen LogP contribution in [0.3, 0.4) is 0 Å². The minimum absolute atomic E-state index is 0.121. The van der Waals surface area contributed by atoms with Crippen LogP contribution in [-0.2, 0) is 13.1 Å². The normalized spacial score (nSPS) is 14.4. The Hall–Kier alpha value is -3.56. The van der Waals surface area contributed by atoms with Gasteiger partial charge < -0.3 is 10.6 Å². The fraction of sp³-hybridized carbons (Fsp3) is 0.333. The Labute approximate surface area is 219 Å². The lowest BCUT2D eigenvalue weighted by molar-refractivity contribution is 0.102. The van der Waals surface area contributed by atoms with E-state index in [1.54, 1.807) is 10.9 Å². The Balaban J connectivity index is 1.30. The molecule has 2 aromatic heterocycles. The molecule has 1 atom stereocenters. The average molecular weight is 522 g/mol. The zero-order valence-electron chi connectivity index (χ0n) is 21.1. The van der Waals surface area contributed by atoms with Gasteiger partial charge in [-0.2, -0.15) is 5.10 Å². The molecule has 2 aromatic carbocycles. The third-order valence-corrected chi connectivity index (χ3v) is 7.04. The van der Waals surface area contributed by atoms with Crippen molar-refractivity contribution in [2.45, 2.75) is 46.3 Å². The molecular formula is C27H29ClFN7O. The first-order chi connectivity index (χ1) is 17.8. The maximum Gasteiger partial charge on any atom is 0.255 e. The van der Waals surface area contributed by atoms with Gasteiger partial charge in [-0.3, -0.25) is 14.4 Å². The van der Waals surface area contributed by atoms with E-state index in [0.29, 0.717) is 29.3 Å². The number of nitrogens with one attached hydrogen (secondary N) is 2. The number of anilines is 2. The zero-order valence-corrected chi connectivity index (χ0v) is 21.8. The van der Waals surface area contributed by atoms with Crippen LogP contribution < -0.4 is 10.6 Å². The first-order valence-electron chi connectivity index (χ1n) is 12.4. The summed E-state index contributed by atoms with van der Waals surface area (Å²) in [6.07, 6.45) is 4.66. The fourth-order valence-corrected chi connectivity index (χ4v) is 4.68. The highest BCUT2D eigenvalue weighted by molar-refractivity contribution is 6.31. The van der Waals surface area contributed by atoms with E-state index < -0.39 is 11.7 Å². The molecule has 0 bridgehead atoms. The summed E-state index contributed by atoms with van der Waals surface area (Å²) in [5.74, 6) is -0.276. The van der Waals surface area contributed by atoms with Crippen molar-refractivity contribution in [1.29, 1.82) is 0 Å². The number of nitrogens with zero attached hydrogens (tertiary/aromatic N) is 5. The Morgan fingerprint density at radius 1 is 1.24 bits per heavy atom. The number of carbonyl (C=O) groups excluding carboxylic acids is 1. The van der Waals surface area contributed by atoms with Crippen LogP contribution in [0.5, 0.6) is 0 Å². The van der Waals surface area contributed by atoms with Crippen molar-refractivity contribution in [3.05, 3.63) is 75.8 Å². The van der Waals surface area contributed by atoms with Gasteiger partial charge in [0.05, 0.1) is 18.4 Å². The average Bonchev–Trinajstić information content (AvgIpc) is 3.26. The van der Waals surface area contributed by atoms with Gasteiger partial charge in [-0.15, -0.1) is 0 Å². The lowest BCUT2D eigenvalue weighted by atomic mass is 10.0. The largest absolute Gasteiger partial charge is 0.362 e. The number of aromatic nitrogens is 4. The molecule has 1 amide bonds. The van der Waals surface area contributed by atoms with Crippen molar-refractivity contribution in [2.75, 3.05) is 23.7 Å². The molecule has 0 radical (unpaired) electrons. The van der Waals surface area contributed by atoms with Crippen LogP contribution in [0.15, 0.2) is 42.7 Å². The maximum atomic E-state index is 14.8. The first-order valence-corrected chi connectivity index (χ1v) is 12.8. The highest BCUT2D eigenvalue weighted by Gasteiger charge is 2.20. The second-order valence-electron chi connectivity index (χ2n) is 9.39. The van der Waals surface area contributed by atoms with Crippen LogP contribution in [0.2, 0.25) is 5.02 Å². The van der Waals surface area contributed by atoms with E-state index in [0.717, 1.165) is 42.7 Å². The minimum atomic E-state index is -0.464. The van der Waals surface area contributed by atoms with Crippen LogP contribution in [0, 0.1) is 12.7 Å².